The van der Waals surface area contributed by atoms with Gasteiger partial charge in [-0.25, -0.2) is 8.42 Å². The fourth-order valence-electron chi connectivity index (χ4n) is 1.72. The smallest absolute Gasteiger partial charge is 0.282 e. The molecular formula is C13H14BrN3O3S. The highest BCUT2D eigenvalue weighted by molar-refractivity contribution is 9.10. The predicted molar refractivity (Wildman–Crippen MR) is 82.1 cm³/mol. The van der Waals surface area contributed by atoms with E-state index in [0.717, 1.165) is 10.0 Å². The quantitative estimate of drug-likeness (QED) is 0.802. The van der Waals surface area contributed by atoms with Crippen LogP contribution < -0.4 is 10.3 Å². The molecule has 1 heterocycles. The number of hydrogen-bond acceptors (Lipinski definition) is 3. The fraction of sp³-hybridized carbons (Fsp3) is 0.154. The van der Waals surface area contributed by atoms with Crippen molar-refractivity contribution < 1.29 is 13.2 Å². The van der Waals surface area contributed by atoms with Crippen LogP contribution in [0.3, 0.4) is 0 Å². The molecule has 2 aromatic rings. The number of sulfonamides is 1. The summed E-state index contributed by atoms with van der Waals surface area (Å²) >= 11 is 3.30. The van der Waals surface area contributed by atoms with Crippen molar-refractivity contribution in [3.05, 3.63) is 52.3 Å². The molecule has 1 aromatic heterocycles. The molecule has 0 aliphatic carbocycles. The lowest BCUT2D eigenvalue weighted by molar-refractivity contribution is 0.0937. The normalized spacial score (nSPS) is 11.4. The van der Waals surface area contributed by atoms with Crippen LogP contribution >= 0.6 is 15.9 Å². The van der Waals surface area contributed by atoms with E-state index in [2.05, 4.69) is 26.2 Å². The zero-order chi connectivity index (χ0) is 15.6. The second kappa shape index (κ2) is 6.00. The minimum Gasteiger partial charge on any atom is -0.347 e. The molecule has 0 atom stereocenters. The predicted octanol–water partition coefficient (Wildman–Crippen LogP) is 1.72. The van der Waals surface area contributed by atoms with E-state index in [-0.39, 0.29) is 4.90 Å². The third kappa shape index (κ3) is 3.52. The third-order valence-electron chi connectivity index (χ3n) is 2.92. The summed E-state index contributed by atoms with van der Waals surface area (Å²) in [6.07, 6.45) is 1.70. The van der Waals surface area contributed by atoms with E-state index in [1.54, 1.807) is 42.9 Å². The number of hydrogen-bond donors (Lipinski definition) is 2. The van der Waals surface area contributed by atoms with Crippen molar-refractivity contribution in [2.24, 2.45) is 7.05 Å². The Hall–Kier alpha value is -1.64. The molecular weight excluding hydrogens is 358 g/mol. The van der Waals surface area contributed by atoms with E-state index in [1.165, 1.54) is 12.1 Å². The van der Waals surface area contributed by atoms with Gasteiger partial charge >= 0.3 is 0 Å². The molecule has 2 rings (SSSR count). The van der Waals surface area contributed by atoms with Crippen molar-refractivity contribution in [3.8, 4) is 0 Å². The van der Waals surface area contributed by atoms with Gasteiger partial charge in [-0.1, -0.05) is 15.9 Å². The van der Waals surface area contributed by atoms with Gasteiger partial charge < -0.3 is 4.57 Å². The first-order valence-electron chi connectivity index (χ1n) is 6.01. The van der Waals surface area contributed by atoms with Gasteiger partial charge in [0.1, 0.15) is 5.69 Å². The molecule has 1 amide bonds. The van der Waals surface area contributed by atoms with E-state index in [0.29, 0.717) is 5.69 Å². The average Bonchev–Trinajstić information content (AvgIpc) is 2.85. The van der Waals surface area contributed by atoms with Gasteiger partial charge in [-0.15, -0.1) is 4.83 Å². The summed E-state index contributed by atoms with van der Waals surface area (Å²) < 4.78 is 26.6. The van der Waals surface area contributed by atoms with Crippen LogP contribution in [0.25, 0.3) is 0 Å². The molecule has 0 aliphatic heterocycles. The minimum absolute atomic E-state index is 0.0791. The SMILES string of the molecule is Cc1cc(S(=O)(=O)NNC(=O)c2cccn2C)ccc1Br. The largest absolute Gasteiger partial charge is 0.347 e. The second-order valence-electron chi connectivity index (χ2n) is 4.47. The first-order chi connectivity index (χ1) is 9.81. The Kier molecular flexibility index (Phi) is 4.50. The standard InChI is InChI=1S/C13H14BrN3O3S/c1-9-8-10(5-6-11(9)14)21(19,20)16-15-13(18)12-4-3-7-17(12)2/h3-8,16H,1-2H3,(H,15,18). The lowest BCUT2D eigenvalue weighted by Crippen LogP contribution is -2.42. The van der Waals surface area contributed by atoms with Gasteiger partial charge in [0.25, 0.3) is 15.9 Å². The van der Waals surface area contributed by atoms with Crippen LogP contribution in [0.2, 0.25) is 0 Å². The highest BCUT2D eigenvalue weighted by Crippen LogP contribution is 2.19. The Morgan fingerprint density at radius 2 is 2.00 bits per heavy atom. The maximum atomic E-state index is 12.1. The fourth-order valence-corrected chi connectivity index (χ4v) is 2.89. The molecule has 21 heavy (non-hydrogen) atoms. The van der Waals surface area contributed by atoms with Gasteiger partial charge in [0.15, 0.2) is 0 Å². The molecule has 8 heteroatoms. The lowest BCUT2D eigenvalue weighted by atomic mass is 10.2. The summed E-state index contributed by atoms with van der Waals surface area (Å²) in [5.41, 5.74) is 3.32. The molecule has 0 bridgehead atoms. The molecule has 0 unspecified atom stereocenters. The first kappa shape index (κ1) is 15.7. The highest BCUT2D eigenvalue weighted by atomic mass is 79.9. The van der Waals surface area contributed by atoms with Crippen molar-refractivity contribution in [1.82, 2.24) is 14.8 Å². The molecule has 0 fully saturated rings. The van der Waals surface area contributed by atoms with Crippen LogP contribution in [0.5, 0.6) is 0 Å². The number of carbonyl (C=O) groups excluding carboxylic acids is 1. The Labute approximate surface area is 131 Å². The van der Waals surface area contributed by atoms with Crippen molar-refractivity contribution in [1.29, 1.82) is 0 Å². The van der Waals surface area contributed by atoms with Gasteiger partial charge in [-0.2, -0.15) is 0 Å². The van der Waals surface area contributed by atoms with Crippen LogP contribution in [0.4, 0.5) is 0 Å². The van der Waals surface area contributed by atoms with E-state index in [1.807, 2.05) is 0 Å². The number of benzene rings is 1. The topological polar surface area (TPSA) is 80.2 Å². The number of nitrogens with zero attached hydrogens (tertiary/aromatic N) is 1. The van der Waals surface area contributed by atoms with Crippen molar-refractivity contribution in [2.75, 3.05) is 0 Å². The molecule has 0 aliphatic rings. The molecule has 1 aromatic carbocycles. The zero-order valence-corrected chi connectivity index (χ0v) is 13.8. The molecule has 2 N–H and O–H groups in total. The Bertz CT molecular complexity index is 784. The Morgan fingerprint density at radius 3 is 2.57 bits per heavy atom. The van der Waals surface area contributed by atoms with E-state index < -0.39 is 15.9 Å². The van der Waals surface area contributed by atoms with E-state index >= 15 is 0 Å². The number of nitrogens with one attached hydrogen (secondary N) is 2. The van der Waals surface area contributed by atoms with Crippen LogP contribution in [0.15, 0.2) is 45.9 Å². The van der Waals surface area contributed by atoms with Crippen molar-refractivity contribution >= 4 is 31.9 Å². The number of hydrazine groups is 1. The Morgan fingerprint density at radius 1 is 1.29 bits per heavy atom. The molecule has 0 spiro atoms. The number of carbonyl (C=O) groups is 1. The molecule has 0 radical (unpaired) electrons. The maximum absolute atomic E-state index is 12.1. The molecule has 6 nitrogen and oxygen atoms in total. The maximum Gasteiger partial charge on any atom is 0.282 e. The van der Waals surface area contributed by atoms with Crippen LogP contribution in [0.1, 0.15) is 16.1 Å². The van der Waals surface area contributed by atoms with E-state index in [9.17, 15) is 13.2 Å². The summed E-state index contributed by atoms with van der Waals surface area (Å²) in [7, 11) is -2.11. The monoisotopic (exact) mass is 371 g/mol. The van der Waals surface area contributed by atoms with Gasteiger partial charge in [-0.3, -0.25) is 10.2 Å². The third-order valence-corrected chi connectivity index (χ3v) is 5.05. The number of amides is 1. The summed E-state index contributed by atoms with van der Waals surface area (Å²) in [6.45, 7) is 1.78. The van der Waals surface area contributed by atoms with Gasteiger partial charge in [0, 0.05) is 17.7 Å². The number of halogens is 1. The molecule has 112 valence electrons. The second-order valence-corrected chi connectivity index (χ2v) is 7.01. The summed E-state index contributed by atoms with van der Waals surface area (Å²) in [4.78, 5) is 14.0. The Balaban J connectivity index is 2.13. The summed E-state index contributed by atoms with van der Waals surface area (Å²) in [6, 6.07) is 7.90. The zero-order valence-electron chi connectivity index (χ0n) is 11.4. The molecule has 0 saturated carbocycles. The molecule has 0 saturated heterocycles. The minimum atomic E-state index is -3.81. The van der Waals surface area contributed by atoms with Crippen molar-refractivity contribution in [2.45, 2.75) is 11.8 Å². The van der Waals surface area contributed by atoms with Crippen LogP contribution in [-0.4, -0.2) is 18.9 Å². The summed E-state index contributed by atoms with van der Waals surface area (Å²) in [5, 5.41) is 0. The van der Waals surface area contributed by atoms with Gasteiger partial charge in [0.2, 0.25) is 0 Å². The van der Waals surface area contributed by atoms with Crippen LogP contribution in [0, 0.1) is 6.92 Å². The van der Waals surface area contributed by atoms with E-state index in [4.69, 9.17) is 0 Å². The van der Waals surface area contributed by atoms with Crippen LogP contribution in [-0.2, 0) is 17.1 Å². The van der Waals surface area contributed by atoms with Gasteiger partial charge in [0.05, 0.1) is 4.90 Å². The van der Waals surface area contributed by atoms with Crippen molar-refractivity contribution in [3.63, 3.8) is 0 Å². The average molecular weight is 372 g/mol. The van der Waals surface area contributed by atoms with Gasteiger partial charge in [-0.05, 0) is 42.8 Å². The number of rotatable bonds is 4. The summed E-state index contributed by atoms with van der Waals surface area (Å²) in [5.74, 6) is -0.528. The number of aryl methyl sites for hydroxylation is 2. The number of aromatic nitrogens is 1. The first-order valence-corrected chi connectivity index (χ1v) is 8.28. The lowest BCUT2D eigenvalue weighted by Gasteiger charge is -2.10. The highest BCUT2D eigenvalue weighted by Gasteiger charge is 2.17.